The van der Waals surface area contributed by atoms with Crippen LogP contribution in [0.2, 0.25) is 0 Å². The minimum absolute atomic E-state index is 0.339. The maximum absolute atomic E-state index is 2.34. The quantitative estimate of drug-likeness (QED) is 0.590. The molecule has 0 radical (unpaired) electrons. The summed E-state index contributed by atoms with van der Waals surface area (Å²) >= 11 is 2.07. The average molecular weight is 188 g/mol. The molecule has 1 heteroatoms. The Balaban J connectivity index is 4.44. The van der Waals surface area contributed by atoms with Crippen LogP contribution in [0.4, 0.5) is 0 Å². The fraction of sp³-hybridized carbons (Fsp3) is 1.00. The lowest BCUT2D eigenvalue weighted by Crippen LogP contribution is -2.36. The summed E-state index contributed by atoms with van der Waals surface area (Å²) in [4.78, 5) is 0. The SMILES string of the molecule is CC(C)(C)SC(C)(C)C(C)(C)C. The average Bonchev–Trinajstić information content (AvgIpc) is 1.52. The zero-order valence-corrected chi connectivity index (χ0v) is 10.7. The van der Waals surface area contributed by atoms with Gasteiger partial charge in [0.25, 0.3) is 0 Å². The zero-order chi connectivity index (χ0) is 10.2. The Hall–Kier alpha value is 0.350. The second-order valence-electron chi connectivity index (χ2n) is 5.97. The van der Waals surface area contributed by atoms with Crippen LogP contribution in [0.1, 0.15) is 55.4 Å². The molecule has 74 valence electrons. The molecule has 0 aromatic heterocycles. The van der Waals surface area contributed by atoms with Crippen molar-refractivity contribution >= 4 is 11.8 Å². The minimum Gasteiger partial charge on any atom is -0.149 e. The van der Waals surface area contributed by atoms with Gasteiger partial charge in [0.1, 0.15) is 0 Å². The van der Waals surface area contributed by atoms with E-state index in [2.05, 4.69) is 67.2 Å². The summed E-state index contributed by atoms with van der Waals surface area (Å²) in [7, 11) is 0. The minimum atomic E-state index is 0.339. The van der Waals surface area contributed by atoms with Gasteiger partial charge in [-0.15, -0.1) is 11.8 Å². The van der Waals surface area contributed by atoms with Gasteiger partial charge in [0.15, 0.2) is 0 Å². The predicted octanol–water partition coefficient (Wildman–Crippen LogP) is 4.34. The maximum Gasteiger partial charge on any atom is 0.0157 e. The standard InChI is InChI=1S/C11H24S/c1-9(2,3)11(7,8)12-10(4,5)6/h1-8H3. The Morgan fingerprint density at radius 1 is 0.667 bits per heavy atom. The van der Waals surface area contributed by atoms with Gasteiger partial charge in [0.05, 0.1) is 0 Å². The summed E-state index contributed by atoms with van der Waals surface area (Å²) in [5, 5.41) is 0. The number of thioether (sulfide) groups is 1. The highest BCUT2D eigenvalue weighted by atomic mass is 32.2. The third-order valence-electron chi connectivity index (χ3n) is 2.37. The van der Waals surface area contributed by atoms with Gasteiger partial charge in [-0.1, -0.05) is 55.4 Å². The van der Waals surface area contributed by atoms with Crippen LogP contribution in [0.3, 0.4) is 0 Å². The zero-order valence-electron chi connectivity index (χ0n) is 9.91. The topological polar surface area (TPSA) is 0 Å². The highest BCUT2D eigenvalue weighted by Gasteiger charge is 2.36. The van der Waals surface area contributed by atoms with Crippen LogP contribution >= 0.6 is 11.8 Å². The van der Waals surface area contributed by atoms with E-state index in [1.807, 2.05) is 0 Å². The highest BCUT2D eigenvalue weighted by Crippen LogP contribution is 2.46. The van der Waals surface area contributed by atoms with Gasteiger partial charge in [-0.2, -0.15) is 0 Å². The maximum atomic E-state index is 2.34. The molecule has 0 spiro atoms. The molecule has 0 aromatic rings. The van der Waals surface area contributed by atoms with E-state index in [1.54, 1.807) is 0 Å². The highest BCUT2D eigenvalue weighted by molar-refractivity contribution is 8.01. The number of hydrogen-bond acceptors (Lipinski definition) is 1. The molecular formula is C11H24S. The summed E-state index contributed by atoms with van der Waals surface area (Å²) in [6, 6.07) is 0. The van der Waals surface area contributed by atoms with Crippen LogP contribution in [-0.4, -0.2) is 9.49 Å². The van der Waals surface area contributed by atoms with E-state index in [4.69, 9.17) is 0 Å². The van der Waals surface area contributed by atoms with Crippen LogP contribution in [0.25, 0.3) is 0 Å². The van der Waals surface area contributed by atoms with Gasteiger partial charge in [-0.05, 0) is 5.41 Å². The van der Waals surface area contributed by atoms with E-state index in [0.29, 0.717) is 14.9 Å². The second kappa shape index (κ2) is 3.25. The lowest BCUT2D eigenvalue weighted by molar-refractivity contribution is 0.317. The van der Waals surface area contributed by atoms with E-state index in [9.17, 15) is 0 Å². The Morgan fingerprint density at radius 3 is 1.08 bits per heavy atom. The molecule has 0 aliphatic carbocycles. The van der Waals surface area contributed by atoms with Crippen molar-refractivity contribution in [2.24, 2.45) is 5.41 Å². The van der Waals surface area contributed by atoms with E-state index in [0.717, 1.165) is 0 Å². The van der Waals surface area contributed by atoms with Crippen molar-refractivity contribution < 1.29 is 0 Å². The van der Waals surface area contributed by atoms with E-state index < -0.39 is 0 Å². The molecule has 0 bridgehead atoms. The van der Waals surface area contributed by atoms with Gasteiger partial charge >= 0.3 is 0 Å². The largest absolute Gasteiger partial charge is 0.149 e. The Bertz CT molecular complexity index is 143. The molecule has 0 unspecified atom stereocenters. The first-order valence-corrected chi connectivity index (χ1v) is 5.47. The monoisotopic (exact) mass is 188 g/mol. The molecule has 0 fully saturated rings. The normalized spacial score (nSPS) is 15.0. The fourth-order valence-corrected chi connectivity index (χ4v) is 2.76. The summed E-state index contributed by atoms with van der Waals surface area (Å²) in [6.07, 6.45) is 0. The van der Waals surface area contributed by atoms with E-state index >= 15 is 0 Å². The summed E-state index contributed by atoms with van der Waals surface area (Å²) in [5.74, 6) is 0. The van der Waals surface area contributed by atoms with Gasteiger partial charge in [-0.25, -0.2) is 0 Å². The van der Waals surface area contributed by atoms with Crippen molar-refractivity contribution in [2.75, 3.05) is 0 Å². The Morgan fingerprint density at radius 2 is 1.00 bits per heavy atom. The fourth-order valence-electron chi connectivity index (χ4n) is 0.919. The summed E-state index contributed by atoms with van der Waals surface area (Å²) in [5.41, 5.74) is 0.366. The smallest absolute Gasteiger partial charge is 0.0157 e. The molecular weight excluding hydrogens is 164 g/mol. The number of rotatable bonds is 1. The first-order valence-electron chi connectivity index (χ1n) is 4.66. The molecule has 0 aromatic carbocycles. The molecule has 0 amide bonds. The predicted molar refractivity (Wildman–Crippen MR) is 60.9 cm³/mol. The first kappa shape index (κ1) is 12.3. The molecule has 0 rings (SSSR count). The lowest BCUT2D eigenvalue weighted by Gasteiger charge is -2.42. The van der Waals surface area contributed by atoms with Crippen LogP contribution in [-0.2, 0) is 0 Å². The molecule has 0 heterocycles. The van der Waals surface area contributed by atoms with Gasteiger partial charge in [0, 0.05) is 9.49 Å². The molecule has 0 aliphatic heterocycles. The van der Waals surface area contributed by atoms with Crippen LogP contribution in [0.15, 0.2) is 0 Å². The molecule has 0 saturated heterocycles. The Kier molecular flexibility index (Phi) is 3.34. The van der Waals surface area contributed by atoms with Gasteiger partial charge in [0.2, 0.25) is 0 Å². The van der Waals surface area contributed by atoms with Crippen molar-refractivity contribution in [3.05, 3.63) is 0 Å². The van der Waals surface area contributed by atoms with Crippen LogP contribution < -0.4 is 0 Å². The van der Waals surface area contributed by atoms with Crippen molar-refractivity contribution in [3.63, 3.8) is 0 Å². The number of hydrogen-bond donors (Lipinski definition) is 0. The van der Waals surface area contributed by atoms with Crippen molar-refractivity contribution in [3.8, 4) is 0 Å². The summed E-state index contributed by atoms with van der Waals surface area (Å²) < 4.78 is 0.696. The molecule has 0 saturated carbocycles. The lowest BCUT2D eigenvalue weighted by atomic mass is 9.82. The third kappa shape index (κ3) is 3.84. The van der Waals surface area contributed by atoms with Gasteiger partial charge in [-0.3, -0.25) is 0 Å². The van der Waals surface area contributed by atoms with Crippen LogP contribution in [0.5, 0.6) is 0 Å². The second-order valence-corrected chi connectivity index (χ2v) is 8.42. The molecule has 0 atom stereocenters. The molecule has 0 aliphatic rings. The van der Waals surface area contributed by atoms with Crippen molar-refractivity contribution in [2.45, 2.75) is 64.9 Å². The van der Waals surface area contributed by atoms with Gasteiger partial charge < -0.3 is 0 Å². The van der Waals surface area contributed by atoms with E-state index in [-0.39, 0.29) is 0 Å². The Labute approximate surface area is 82.5 Å². The summed E-state index contributed by atoms with van der Waals surface area (Å²) in [6.45, 7) is 18.5. The first-order chi connectivity index (χ1) is 4.96. The third-order valence-corrected chi connectivity index (χ3v) is 4.10. The van der Waals surface area contributed by atoms with E-state index in [1.165, 1.54) is 0 Å². The van der Waals surface area contributed by atoms with Crippen molar-refractivity contribution in [1.82, 2.24) is 0 Å². The van der Waals surface area contributed by atoms with Crippen molar-refractivity contribution in [1.29, 1.82) is 0 Å². The molecule has 12 heavy (non-hydrogen) atoms. The van der Waals surface area contributed by atoms with Crippen LogP contribution in [0, 0.1) is 5.41 Å². The molecule has 0 N–H and O–H groups in total. The molecule has 0 nitrogen and oxygen atoms in total.